The highest BCUT2D eigenvalue weighted by atomic mass is 16.5. The zero-order valence-electron chi connectivity index (χ0n) is 17.8. The maximum absolute atomic E-state index is 12.8. The number of para-hydroxylation sites is 1. The van der Waals surface area contributed by atoms with Gasteiger partial charge in [0.15, 0.2) is 0 Å². The Morgan fingerprint density at radius 3 is 2.67 bits per heavy atom. The zero-order chi connectivity index (χ0) is 21.3. The molecule has 0 bridgehead atoms. The van der Waals surface area contributed by atoms with Gasteiger partial charge in [0.1, 0.15) is 5.75 Å². The molecule has 30 heavy (non-hydrogen) atoms. The molecule has 1 atom stereocenters. The van der Waals surface area contributed by atoms with Crippen molar-refractivity contribution in [3.8, 4) is 5.75 Å². The van der Waals surface area contributed by atoms with Gasteiger partial charge in [-0.05, 0) is 25.0 Å². The lowest BCUT2D eigenvalue weighted by Crippen LogP contribution is -2.56. The molecule has 2 amide bonds. The van der Waals surface area contributed by atoms with Gasteiger partial charge in [0.2, 0.25) is 11.8 Å². The number of ether oxygens (including phenoxy) is 1. The summed E-state index contributed by atoms with van der Waals surface area (Å²) in [6.45, 7) is 5.05. The van der Waals surface area contributed by atoms with E-state index < -0.39 is 6.04 Å². The van der Waals surface area contributed by atoms with E-state index in [0.717, 1.165) is 17.7 Å². The minimum Gasteiger partial charge on any atom is -0.494 e. The monoisotopic (exact) mass is 409 g/mol. The number of benzene rings is 2. The number of carbonyl (C=O) groups is 2. The Hall–Kier alpha value is -2.86. The van der Waals surface area contributed by atoms with E-state index in [2.05, 4.69) is 22.3 Å². The lowest BCUT2D eigenvalue weighted by molar-refractivity contribution is -0.138. The molecule has 2 aromatic rings. The molecular weight excluding hydrogens is 378 g/mol. The number of amides is 2. The van der Waals surface area contributed by atoms with Crippen molar-refractivity contribution in [3.05, 3.63) is 65.7 Å². The van der Waals surface area contributed by atoms with Crippen molar-refractivity contribution in [2.45, 2.75) is 32.4 Å². The summed E-state index contributed by atoms with van der Waals surface area (Å²) in [5, 5.41) is 2.91. The Morgan fingerprint density at radius 2 is 1.90 bits per heavy atom. The molecule has 0 unspecified atom stereocenters. The number of carbonyl (C=O) groups excluding carboxylic acids is 2. The Bertz CT molecular complexity index is 841. The van der Waals surface area contributed by atoms with Crippen LogP contribution in [-0.2, 0) is 22.6 Å². The van der Waals surface area contributed by atoms with E-state index in [1.165, 1.54) is 5.56 Å². The third-order valence-electron chi connectivity index (χ3n) is 5.46. The molecule has 1 fully saturated rings. The van der Waals surface area contributed by atoms with Gasteiger partial charge in [0, 0.05) is 38.8 Å². The Balaban J connectivity index is 1.63. The predicted molar refractivity (Wildman–Crippen MR) is 117 cm³/mol. The van der Waals surface area contributed by atoms with E-state index >= 15 is 0 Å². The van der Waals surface area contributed by atoms with E-state index in [9.17, 15) is 9.59 Å². The van der Waals surface area contributed by atoms with Crippen molar-refractivity contribution in [3.63, 3.8) is 0 Å². The fourth-order valence-electron chi connectivity index (χ4n) is 3.71. The van der Waals surface area contributed by atoms with Gasteiger partial charge < -0.3 is 15.0 Å². The number of likely N-dealkylation sites (N-methyl/N-ethyl adjacent to an activating group) is 1. The Kier molecular flexibility index (Phi) is 7.85. The lowest BCUT2D eigenvalue weighted by atomic mass is 10.1. The van der Waals surface area contributed by atoms with Gasteiger partial charge in [-0.3, -0.25) is 14.5 Å². The van der Waals surface area contributed by atoms with Crippen LogP contribution in [0.25, 0.3) is 0 Å². The fraction of sp³-hybridized carbons (Fsp3) is 0.417. The Morgan fingerprint density at radius 1 is 1.17 bits per heavy atom. The van der Waals surface area contributed by atoms with E-state index in [0.29, 0.717) is 32.8 Å². The van der Waals surface area contributed by atoms with E-state index in [1.54, 1.807) is 11.9 Å². The fourth-order valence-corrected chi connectivity index (χ4v) is 3.71. The van der Waals surface area contributed by atoms with E-state index in [-0.39, 0.29) is 18.2 Å². The lowest BCUT2D eigenvalue weighted by Gasteiger charge is -2.35. The van der Waals surface area contributed by atoms with Crippen molar-refractivity contribution < 1.29 is 14.3 Å². The molecule has 0 aliphatic carbocycles. The van der Waals surface area contributed by atoms with Crippen molar-refractivity contribution in [2.24, 2.45) is 0 Å². The van der Waals surface area contributed by atoms with Crippen LogP contribution in [0.1, 0.15) is 24.5 Å². The summed E-state index contributed by atoms with van der Waals surface area (Å²) in [7, 11) is 1.81. The van der Waals surface area contributed by atoms with Gasteiger partial charge in [0.25, 0.3) is 0 Å². The van der Waals surface area contributed by atoms with Gasteiger partial charge in [-0.2, -0.15) is 0 Å². The summed E-state index contributed by atoms with van der Waals surface area (Å²) < 4.78 is 5.73. The topological polar surface area (TPSA) is 61.9 Å². The van der Waals surface area contributed by atoms with Crippen LogP contribution in [0.3, 0.4) is 0 Å². The molecule has 160 valence electrons. The summed E-state index contributed by atoms with van der Waals surface area (Å²) in [6, 6.07) is 17.5. The third kappa shape index (κ3) is 5.83. The van der Waals surface area contributed by atoms with Gasteiger partial charge in [-0.25, -0.2) is 0 Å². The second kappa shape index (κ2) is 10.8. The maximum atomic E-state index is 12.8. The molecular formula is C24H31N3O3. The van der Waals surface area contributed by atoms with Crippen LogP contribution in [0.2, 0.25) is 0 Å². The van der Waals surface area contributed by atoms with Gasteiger partial charge in [0.05, 0.1) is 19.1 Å². The van der Waals surface area contributed by atoms with Crippen LogP contribution in [0.4, 0.5) is 0 Å². The average Bonchev–Trinajstić information content (AvgIpc) is 2.76. The van der Waals surface area contributed by atoms with Crippen LogP contribution in [0.5, 0.6) is 5.75 Å². The van der Waals surface area contributed by atoms with Gasteiger partial charge >= 0.3 is 0 Å². The molecule has 0 aromatic heterocycles. The molecule has 6 heteroatoms. The summed E-state index contributed by atoms with van der Waals surface area (Å²) in [6.07, 6.45) is 0.972. The highest BCUT2D eigenvalue weighted by Gasteiger charge is 2.32. The smallest absolute Gasteiger partial charge is 0.237 e. The summed E-state index contributed by atoms with van der Waals surface area (Å²) in [4.78, 5) is 29.2. The van der Waals surface area contributed by atoms with Crippen molar-refractivity contribution in [1.29, 1.82) is 0 Å². The van der Waals surface area contributed by atoms with Crippen LogP contribution >= 0.6 is 0 Å². The number of hydrogen-bond donors (Lipinski definition) is 1. The first-order valence-electron chi connectivity index (χ1n) is 10.6. The molecule has 1 N–H and O–H groups in total. The standard InChI is InChI=1S/C24H31N3O3/c1-3-30-22-12-8-7-11-20(22)18-27-16-14-25-24(29)21(27)17-23(28)26(2)15-13-19-9-5-4-6-10-19/h4-12,21H,3,13-18H2,1-2H3,(H,25,29)/t21-/m1/s1. The molecule has 3 rings (SSSR count). The molecule has 1 aliphatic rings. The molecule has 0 radical (unpaired) electrons. The quantitative estimate of drug-likeness (QED) is 0.691. The molecule has 1 heterocycles. The number of rotatable bonds is 9. The molecule has 6 nitrogen and oxygen atoms in total. The van der Waals surface area contributed by atoms with Gasteiger partial charge in [-0.1, -0.05) is 48.5 Å². The molecule has 1 saturated heterocycles. The molecule has 2 aromatic carbocycles. The van der Waals surface area contributed by atoms with Gasteiger partial charge in [-0.15, -0.1) is 0 Å². The second-order valence-corrected chi connectivity index (χ2v) is 7.57. The molecule has 1 aliphatic heterocycles. The largest absolute Gasteiger partial charge is 0.494 e. The zero-order valence-corrected chi connectivity index (χ0v) is 17.8. The minimum atomic E-state index is -0.472. The summed E-state index contributed by atoms with van der Waals surface area (Å²) in [5.74, 6) is 0.729. The van der Waals surface area contributed by atoms with E-state index in [1.807, 2.05) is 49.4 Å². The number of nitrogens with one attached hydrogen (secondary N) is 1. The molecule has 0 saturated carbocycles. The summed E-state index contributed by atoms with van der Waals surface area (Å²) in [5.41, 5.74) is 2.23. The molecule has 0 spiro atoms. The van der Waals surface area contributed by atoms with Crippen LogP contribution in [0, 0.1) is 0 Å². The Labute approximate surface area is 178 Å². The number of nitrogens with zero attached hydrogens (tertiary/aromatic N) is 2. The van der Waals surface area contributed by atoms with Crippen molar-refractivity contribution in [1.82, 2.24) is 15.1 Å². The first-order valence-corrected chi connectivity index (χ1v) is 10.6. The van der Waals surface area contributed by atoms with Crippen molar-refractivity contribution >= 4 is 11.8 Å². The number of piperazine rings is 1. The highest BCUT2D eigenvalue weighted by molar-refractivity contribution is 5.88. The average molecular weight is 410 g/mol. The second-order valence-electron chi connectivity index (χ2n) is 7.57. The highest BCUT2D eigenvalue weighted by Crippen LogP contribution is 2.22. The first-order chi connectivity index (χ1) is 14.6. The van der Waals surface area contributed by atoms with Crippen molar-refractivity contribution in [2.75, 3.05) is 33.3 Å². The van der Waals surface area contributed by atoms with Crippen LogP contribution in [-0.4, -0.2) is 60.9 Å². The minimum absolute atomic E-state index is 0.0175. The predicted octanol–water partition coefficient (Wildman–Crippen LogP) is 2.48. The third-order valence-corrected chi connectivity index (χ3v) is 5.46. The first kappa shape index (κ1) is 21.8. The normalized spacial score (nSPS) is 16.7. The van der Waals surface area contributed by atoms with Crippen LogP contribution < -0.4 is 10.1 Å². The van der Waals surface area contributed by atoms with E-state index in [4.69, 9.17) is 4.74 Å². The van der Waals surface area contributed by atoms with Crippen LogP contribution in [0.15, 0.2) is 54.6 Å². The summed E-state index contributed by atoms with van der Waals surface area (Å²) >= 11 is 0. The SMILES string of the molecule is CCOc1ccccc1CN1CCNC(=O)[C@H]1CC(=O)N(C)CCc1ccccc1. The number of hydrogen-bond acceptors (Lipinski definition) is 4. The maximum Gasteiger partial charge on any atom is 0.237 e.